The topological polar surface area (TPSA) is 69.6 Å². The molecule has 0 bridgehead atoms. The van der Waals surface area contributed by atoms with Gasteiger partial charge in [-0.25, -0.2) is 9.97 Å². The number of nitrogens with zero attached hydrogens (tertiary/aromatic N) is 5. The Balaban J connectivity index is 0.000000226. The first kappa shape index (κ1) is 43.6. The van der Waals surface area contributed by atoms with Crippen LogP contribution in [0.2, 0.25) is 19.6 Å². The molecule has 0 N–H and O–H groups in total. The van der Waals surface area contributed by atoms with Gasteiger partial charge < -0.3 is 14.0 Å². The van der Waals surface area contributed by atoms with Gasteiger partial charge in [-0.15, -0.1) is 54.1 Å². The van der Waals surface area contributed by atoms with Crippen molar-refractivity contribution in [3.8, 4) is 39.5 Å². The van der Waals surface area contributed by atoms with E-state index in [-0.39, 0.29) is 31.9 Å². The number of imidazole rings is 1. The number of hydrogen-bond donors (Lipinski definition) is 0. The zero-order valence-electron chi connectivity index (χ0n) is 36.5. The van der Waals surface area contributed by atoms with Crippen molar-refractivity contribution < 1.29 is 24.5 Å². The molecule has 0 atom stereocenters. The van der Waals surface area contributed by atoms with Crippen LogP contribution in [0.15, 0.2) is 132 Å². The van der Waals surface area contributed by atoms with Gasteiger partial charge in [-0.1, -0.05) is 132 Å². The maximum Gasteiger partial charge on any atom is 0.188 e. The monoisotopic (exact) mass is 996 g/mol. The SMILES string of the molecule is CC(C)Cc1cc(-c2[c-]cccc2)ncc1[Si](C)(C)C.CC(C)c1cc(-c2ccccc2)cc(C(C)C)c1-n1c(-c2[c-]ccc3c2oc2ccccc23)nc2nccnc21.[Ir]. The van der Waals surface area contributed by atoms with Crippen molar-refractivity contribution in [3.63, 3.8) is 0 Å². The van der Waals surface area contributed by atoms with Gasteiger partial charge in [-0.3, -0.25) is 4.98 Å². The number of para-hydroxylation sites is 1. The maximum atomic E-state index is 6.43. The van der Waals surface area contributed by atoms with Crippen molar-refractivity contribution in [3.05, 3.63) is 157 Å². The van der Waals surface area contributed by atoms with E-state index in [1.165, 1.54) is 33.0 Å². The predicted molar refractivity (Wildman–Crippen MR) is 252 cm³/mol. The van der Waals surface area contributed by atoms with Gasteiger partial charge in [0.15, 0.2) is 11.3 Å². The largest absolute Gasteiger partial charge is 0.501 e. The Bertz CT molecular complexity index is 2900. The van der Waals surface area contributed by atoms with Gasteiger partial charge in [0.1, 0.15) is 5.58 Å². The summed E-state index contributed by atoms with van der Waals surface area (Å²) in [5.74, 6) is 1.90. The molecule has 61 heavy (non-hydrogen) atoms. The number of benzene rings is 5. The van der Waals surface area contributed by atoms with E-state index in [0.29, 0.717) is 11.6 Å². The maximum absolute atomic E-state index is 6.43. The molecule has 4 heterocycles. The van der Waals surface area contributed by atoms with E-state index in [1.807, 2.05) is 42.5 Å². The minimum Gasteiger partial charge on any atom is -0.501 e. The number of pyridine rings is 1. The zero-order valence-corrected chi connectivity index (χ0v) is 39.9. The molecule has 0 spiro atoms. The molecular weight excluding hydrogens is 943 g/mol. The van der Waals surface area contributed by atoms with E-state index < -0.39 is 8.07 Å². The van der Waals surface area contributed by atoms with Crippen molar-refractivity contribution in [2.45, 2.75) is 79.4 Å². The molecule has 8 heteroatoms. The minimum absolute atomic E-state index is 0. The second-order valence-corrected chi connectivity index (χ2v) is 22.7. The van der Waals surface area contributed by atoms with Crippen LogP contribution in [0, 0.1) is 18.1 Å². The molecule has 5 aromatic carbocycles. The van der Waals surface area contributed by atoms with Crippen LogP contribution in [0.4, 0.5) is 0 Å². The van der Waals surface area contributed by atoms with Crippen LogP contribution in [0.5, 0.6) is 0 Å². The molecule has 9 rings (SSSR count). The molecule has 0 aliphatic carbocycles. The predicted octanol–water partition coefficient (Wildman–Crippen LogP) is 13.4. The van der Waals surface area contributed by atoms with Crippen molar-refractivity contribution in [2.75, 3.05) is 0 Å². The van der Waals surface area contributed by atoms with E-state index in [0.717, 1.165) is 62.3 Å². The van der Waals surface area contributed by atoms with E-state index in [4.69, 9.17) is 14.4 Å². The molecule has 0 unspecified atom stereocenters. The molecule has 0 saturated carbocycles. The summed E-state index contributed by atoms with van der Waals surface area (Å²) < 4.78 is 8.61. The van der Waals surface area contributed by atoms with Gasteiger partial charge in [0.25, 0.3) is 0 Å². The van der Waals surface area contributed by atoms with Gasteiger partial charge in [0, 0.05) is 49.8 Å². The molecule has 1 radical (unpaired) electrons. The van der Waals surface area contributed by atoms with E-state index >= 15 is 0 Å². The second kappa shape index (κ2) is 18.2. The third kappa shape index (κ3) is 8.94. The first-order valence-corrected chi connectivity index (χ1v) is 24.6. The first-order chi connectivity index (χ1) is 28.9. The zero-order chi connectivity index (χ0) is 42.1. The van der Waals surface area contributed by atoms with Crippen molar-refractivity contribution in [1.29, 1.82) is 0 Å². The standard InChI is InChI=1S/C35H29N4O.C18H24NSi.Ir/c1-21(2)28-19-24(23-11-6-5-7-12-23)20-29(22(3)4)31(28)39-34(38-33-35(39)37-18-17-36-33)27-15-10-14-26-25-13-8-9-16-30(25)40-32(26)27;1-14(2)11-16-12-17(15-9-7-6-8-10-15)19-13-18(16)20(3,4)5;/h5-14,16-22H,1-4H3;6-9,12-14H,11H2,1-5H3;/q2*-1;. The minimum atomic E-state index is -1.34. The molecule has 0 aliphatic heterocycles. The van der Waals surface area contributed by atoms with Crippen molar-refractivity contribution >= 4 is 46.5 Å². The Labute approximate surface area is 374 Å². The smallest absolute Gasteiger partial charge is 0.188 e. The molecule has 6 nitrogen and oxygen atoms in total. The summed E-state index contributed by atoms with van der Waals surface area (Å²) >= 11 is 0. The normalized spacial score (nSPS) is 11.7. The Hall–Kier alpha value is -5.53. The third-order valence-electron chi connectivity index (χ3n) is 11.0. The summed E-state index contributed by atoms with van der Waals surface area (Å²) in [7, 11) is -1.34. The summed E-state index contributed by atoms with van der Waals surface area (Å²) in [5, 5.41) is 3.60. The van der Waals surface area contributed by atoms with Gasteiger partial charge in [-0.05, 0) is 75.5 Å². The fraction of sp³-hybridized carbons (Fsp3) is 0.245. The molecule has 4 aromatic heterocycles. The van der Waals surface area contributed by atoms with Crippen molar-refractivity contribution in [2.24, 2.45) is 5.92 Å². The molecule has 0 saturated heterocycles. The van der Waals surface area contributed by atoms with Gasteiger partial charge in [0.2, 0.25) is 0 Å². The van der Waals surface area contributed by atoms with E-state index in [2.05, 4.69) is 161 Å². The molecule has 0 aliphatic rings. The fourth-order valence-corrected chi connectivity index (χ4v) is 9.73. The average molecular weight is 996 g/mol. The quantitative estimate of drug-likeness (QED) is 0.106. The molecule has 9 aromatic rings. The molecule has 0 amide bonds. The van der Waals surface area contributed by atoms with Crippen LogP contribution in [-0.2, 0) is 26.5 Å². The van der Waals surface area contributed by atoms with Gasteiger partial charge >= 0.3 is 0 Å². The summed E-state index contributed by atoms with van der Waals surface area (Å²) in [5.41, 5.74) is 13.3. The summed E-state index contributed by atoms with van der Waals surface area (Å²) in [6, 6.07) is 44.4. The fourth-order valence-electron chi connectivity index (χ4n) is 8.14. The van der Waals surface area contributed by atoms with Crippen molar-refractivity contribution in [1.82, 2.24) is 24.5 Å². The average Bonchev–Trinajstić information content (AvgIpc) is 3.82. The number of hydrogen-bond acceptors (Lipinski definition) is 5. The summed E-state index contributed by atoms with van der Waals surface area (Å²) in [6.45, 7) is 20.7. The number of furan rings is 1. The summed E-state index contributed by atoms with van der Waals surface area (Å²) in [6.07, 6.45) is 6.67. The summed E-state index contributed by atoms with van der Waals surface area (Å²) in [4.78, 5) is 19.2. The van der Waals surface area contributed by atoms with Crippen LogP contribution in [0.25, 0.3) is 72.7 Å². The van der Waals surface area contributed by atoms with Crippen LogP contribution in [-0.4, -0.2) is 32.6 Å². The Morgan fingerprint density at radius 1 is 0.689 bits per heavy atom. The second-order valence-electron chi connectivity index (χ2n) is 17.7. The van der Waals surface area contributed by atoms with Crippen LogP contribution >= 0.6 is 0 Å². The van der Waals surface area contributed by atoms with Crippen LogP contribution in [0.1, 0.15) is 70.1 Å². The third-order valence-corrected chi connectivity index (χ3v) is 13.1. The number of aromatic nitrogens is 5. The first-order valence-electron chi connectivity index (χ1n) is 21.1. The van der Waals surface area contributed by atoms with Gasteiger partial charge in [-0.2, -0.15) is 0 Å². The molecular formula is C53H53IrN5OSi-2. The molecule has 0 fully saturated rings. The van der Waals surface area contributed by atoms with E-state index in [1.54, 1.807) is 12.4 Å². The number of rotatable bonds is 9. The number of fused-ring (bicyclic) bond motifs is 4. The Morgan fingerprint density at radius 2 is 1.38 bits per heavy atom. The van der Waals surface area contributed by atoms with E-state index in [9.17, 15) is 0 Å². The van der Waals surface area contributed by atoms with Crippen LogP contribution < -0.4 is 5.19 Å². The van der Waals surface area contributed by atoms with Gasteiger partial charge in [0.05, 0.1) is 19.5 Å². The Morgan fingerprint density at radius 3 is 2.05 bits per heavy atom. The Kier molecular flexibility index (Phi) is 13.0. The van der Waals surface area contributed by atoms with Crippen LogP contribution in [0.3, 0.4) is 0 Å². The molecule has 311 valence electrons.